The van der Waals surface area contributed by atoms with Gasteiger partial charge in [-0.1, -0.05) is 25.7 Å². The van der Waals surface area contributed by atoms with Crippen LogP contribution >= 0.6 is 0 Å². The highest BCUT2D eigenvalue weighted by Gasteiger charge is 2.25. The Labute approximate surface area is 116 Å². The molecule has 0 atom stereocenters. The fourth-order valence-corrected chi connectivity index (χ4v) is 3.22. The van der Waals surface area contributed by atoms with Crippen LogP contribution in [-0.4, -0.2) is 42.8 Å². The number of piperidine rings is 1. The normalized spacial score (nSPS) is 23.1. The highest BCUT2D eigenvalue weighted by molar-refractivity contribution is 5.67. The second kappa shape index (κ2) is 7.73. The van der Waals surface area contributed by atoms with E-state index in [0.29, 0.717) is 18.7 Å². The number of nitrogens with zero attached hydrogens (tertiary/aromatic N) is 1. The molecule has 1 heterocycles. The van der Waals surface area contributed by atoms with E-state index in [2.05, 4.69) is 5.32 Å². The molecule has 0 aromatic carbocycles. The standard InChI is InChI=1S/C15H28N2O2/c1-2-19-15(18)17-11-9-14(10-12-17)16-13-7-5-3-4-6-8-13/h13-14,16H,2-12H2,1H3. The minimum atomic E-state index is -0.143. The van der Waals surface area contributed by atoms with Gasteiger partial charge in [-0.15, -0.1) is 0 Å². The second-order valence-corrected chi connectivity index (χ2v) is 5.82. The average Bonchev–Trinajstić information content (AvgIpc) is 2.68. The van der Waals surface area contributed by atoms with Crippen LogP contribution < -0.4 is 5.32 Å². The van der Waals surface area contributed by atoms with Crippen LogP contribution in [-0.2, 0) is 4.74 Å². The summed E-state index contributed by atoms with van der Waals surface area (Å²) < 4.78 is 5.05. The Morgan fingerprint density at radius 2 is 1.63 bits per heavy atom. The van der Waals surface area contributed by atoms with E-state index >= 15 is 0 Å². The van der Waals surface area contributed by atoms with Gasteiger partial charge >= 0.3 is 6.09 Å². The van der Waals surface area contributed by atoms with Gasteiger partial charge in [0.1, 0.15) is 0 Å². The van der Waals surface area contributed by atoms with Crippen LogP contribution in [0.3, 0.4) is 0 Å². The first kappa shape index (κ1) is 14.6. The van der Waals surface area contributed by atoms with Crippen molar-refractivity contribution in [2.24, 2.45) is 0 Å². The number of amides is 1. The molecule has 2 aliphatic rings. The number of carbonyl (C=O) groups excluding carboxylic acids is 1. The summed E-state index contributed by atoms with van der Waals surface area (Å²) in [6.07, 6.45) is 10.2. The summed E-state index contributed by atoms with van der Waals surface area (Å²) in [7, 11) is 0. The highest BCUT2D eigenvalue weighted by Crippen LogP contribution is 2.20. The van der Waals surface area contributed by atoms with Crippen LogP contribution in [0.4, 0.5) is 4.79 Å². The molecular formula is C15H28N2O2. The van der Waals surface area contributed by atoms with E-state index in [1.807, 2.05) is 11.8 Å². The lowest BCUT2D eigenvalue weighted by Gasteiger charge is -2.33. The molecule has 19 heavy (non-hydrogen) atoms. The van der Waals surface area contributed by atoms with Gasteiger partial charge in [0.05, 0.1) is 6.61 Å². The molecule has 0 radical (unpaired) electrons. The number of ether oxygens (including phenoxy) is 1. The largest absolute Gasteiger partial charge is 0.450 e. The smallest absolute Gasteiger partial charge is 0.409 e. The van der Waals surface area contributed by atoms with E-state index in [1.54, 1.807) is 0 Å². The average molecular weight is 268 g/mol. The van der Waals surface area contributed by atoms with Crippen LogP contribution in [0.5, 0.6) is 0 Å². The van der Waals surface area contributed by atoms with E-state index in [0.717, 1.165) is 25.9 Å². The van der Waals surface area contributed by atoms with Gasteiger partial charge in [0, 0.05) is 25.2 Å². The summed E-state index contributed by atoms with van der Waals surface area (Å²) in [5.74, 6) is 0. The summed E-state index contributed by atoms with van der Waals surface area (Å²) in [4.78, 5) is 13.5. The zero-order valence-corrected chi connectivity index (χ0v) is 12.2. The Balaban J connectivity index is 1.69. The van der Waals surface area contributed by atoms with Crippen molar-refractivity contribution in [1.29, 1.82) is 0 Å². The third-order valence-electron chi connectivity index (χ3n) is 4.35. The van der Waals surface area contributed by atoms with Gasteiger partial charge in [0.15, 0.2) is 0 Å². The maximum Gasteiger partial charge on any atom is 0.409 e. The number of hydrogen-bond acceptors (Lipinski definition) is 3. The van der Waals surface area contributed by atoms with Crippen LogP contribution in [0, 0.1) is 0 Å². The van der Waals surface area contributed by atoms with Gasteiger partial charge in [-0.2, -0.15) is 0 Å². The number of rotatable bonds is 3. The molecule has 4 nitrogen and oxygen atoms in total. The first-order valence-corrected chi connectivity index (χ1v) is 7.97. The van der Waals surface area contributed by atoms with Crippen molar-refractivity contribution in [2.75, 3.05) is 19.7 Å². The molecule has 0 unspecified atom stereocenters. The molecule has 1 amide bonds. The van der Waals surface area contributed by atoms with Crippen LogP contribution in [0.25, 0.3) is 0 Å². The van der Waals surface area contributed by atoms with Gasteiger partial charge < -0.3 is 15.0 Å². The quantitative estimate of drug-likeness (QED) is 0.800. The van der Waals surface area contributed by atoms with E-state index in [4.69, 9.17) is 4.74 Å². The molecule has 2 rings (SSSR count). The molecule has 1 aliphatic heterocycles. The predicted molar refractivity (Wildman–Crippen MR) is 76.2 cm³/mol. The van der Waals surface area contributed by atoms with E-state index < -0.39 is 0 Å². The second-order valence-electron chi connectivity index (χ2n) is 5.82. The highest BCUT2D eigenvalue weighted by atomic mass is 16.6. The van der Waals surface area contributed by atoms with Gasteiger partial charge in [-0.05, 0) is 32.6 Å². The van der Waals surface area contributed by atoms with Crippen molar-refractivity contribution in [1.82, 2.24) is 10.2 Å². The summed E-state index contributed by atoms with van der Waals surface area (Å²) in [5, 5.41) is 3.81. The maximum absolute atomic E-state index is 11.6. The zero-order chi connectivity index (χ0) is 13.5. The number of nitrogens with one attached hydrogen (secondary N) is 1. The van der Waals surface area contributed by atoms with Crippen LogP contribution in [0.2, 0.25) is 0 Å². The molecule has 110 valence electrons. The van der Waals surface area contributed by atoms with Crippen molar-refractivity contribution in [3.63, 3.8) is 0 Å². The van der Waals surface area contributed by atoms with Gasteiger partial charge in [-0.25, -0.2) is 4.79 Å². The Hall–Kier alpha value is -0.770. The molecule has 1 N–H and O–H groups in total. The third kappa shape index (κ3) is 4.68. The predicted octanol–water partition coefficient (Wildman–Crippen LogP) is 2.92. The molecule has 0 aromatic rings. The number of carbonyl (C=O) groups is 1. The Morgan fingerprint density at radius 1 is 1.05 bits per heavy atom. The van der Waals surface area contributed by atoms with Crippen molar-refractivity contribution in [3.05, 3.63) is 0 Å². The number of hydrogen-bond donors (Lipinski definition) is 1. The first-order chi connectivity index (χ1) is 9.29. The minimum Gasteiger partial charge on any atom is -0.450 e. The minimum absolute atomic E-state index is 0.143. The summed E-state index contributed by atoms with van der Waals surface area (Å²) in [6.45, 7) is 4.00. The van der Waals surface area contributed by atoms with Crippen LogP contribution in [0.1, 0.15) is 58.3 Å². The molecule has 1 aliphatic carbocycles. The summed E-state index contributed by atoms with van der Waals surface area (Å²) >= 11 is 0. The zero-order valence-electron chi connectivity index (χ0n) is 12.2. The lowest BCUT2D eigenvalue weighted by atomic mass is 10.0. The van der Waals surface area contributed by atoms with Gasteiger partial charge in [0.25, 0.3) is 0 Å². The maximum atomic E-state index is 11.6. The molecule has 0 bridgehead atoms. The van der Waals surface area contributed by atoms with Crippen molar-refractivity contribution < 1.29 is 9.53 Å². The fourth-order valence-electron chi connectivity index (χ4n) is 3.22. The lowest BCUT2D eigenvalue weighted by Crippen LogP contribution is -2.47. The topological polar surface area (TPSA) is 41.6 Å². The van der Waals surface area contributed by atoms with E-state index in [-0.39, 0.29) is 6.09 Å². The van der Waals surface area contributed by atoms with Gasteiger partial charge in [0.2, 0.25) is 0 Å². The first-order valence-electron chi connectivity index (χ1n) is 7.97. The monoisotopic (exact) mass is 268 g/mol. The molecule has 0 spiro atoms. The molecule has 4 heteroatoms. The number of likely N-dealkylation sites (tertiary alicyclic amines) is 1. The van der Waals surface area contributed by atoms with Crippen molar-refractivity contribution in [2.45, 2.75) is 70.4 Å². The van der Waals surface area contributed by atoms with Crippen molar-refractivity contribution >= 4 is 6.09 Å². The summed E-state index contributed by atoms with van der Waals surface area (Å²) in [6, 6.07) is 1.30. The molecule has 1 saturated heterocycles. The molecule has 2 fully saturated rings. The lowest BCUT2D eigenvalue weighted by molar-refractivity contribution is 0.0940. The summed E-state index contributed by atoms with van der Waals surface area (Å²) in [5.41, 5.74) is 0. The van der Waals surface area contributed by atoms with E-state index in [9.17, 15) is 4.79 Å². The SMILES string of the molecule is CCOC(=O)N1CCC(NC2CCCCCC2)CC1. The van der Waals surface area contributed by atoms with Crippen molar-refractivity contribution in [3.8, 4) is 0 Å². The van der Waals surface area contributed by atoms with Gasteiger partial charge in [-0.3, -0.25) is 0 Å². The Bertz CT molecular complexity index is 267. The Morgan fingerprint density at radius 3 is 2.21 bits per heavy atom. The Kier molecular flexibility index (Phi) is 5.95. The molecular weight excluding hydrogens is 240 g/mol. The van der Waals surface area contributed by atoms with Crippen LogP contribution in [0.15, 0.2) is 0 Å². The molecule has 0 aromatic heterocycles. The third-order valence-corrected chi connectivity index (χ3v) is 4.35. The van der Waals surface area contributed by atoms with E-state index in [1.165, 1.54) is 38.5 Å². The molecule has 1 saturated carbocycles. The fraction of sp³-hybridized carbons (Fsp3) is 0.933.